The van der Waals surface area contributed by atoms with Crippen LogP contribution in [0.3, 0.4) is 0 Å². The van der Waals surface area contributed by atoms with Crippen LogP contribution in [-0.4, -0.2) is 150 Å². The van der Waals surface area contributed by atoms with E-state index in [1.807, 2.05) is 6.26 Å². The number of thioether (sulfide) groups is 1. The predicted molar refractivity (Wildman–Crippen MR) is 218 cm³/mol. The van der Waals surface area contributed by atoms with Gasteiger partial charge in [-0.15, -0.1) is 0 Å². The second kappa shape index (κ2) is 20.7. The van der Waals surface area contributed by atoms with Crippen molar-refractivity contribution in [3.05, 3.63) is 48.0 Å². The quantitative estimate of drug-likeness (QED) is 0.106. The first-order valence-electron chi connectivity index (χ1n) is 20.2. The van der Waals surface area contributed by atoms with Gasteiger partial charge in [0.15, 0.2) is 0 Å². The molecule has 5 rings (SSSR count). The average Bonchev–Trinajstić information content (AvgIpc) is 4.06. The molecular formula is C40H57N9O9S. The molecule has 6 amide bonds. The second-order valence-electron chi connectivity index (χ2n) is 15.8. The zero-order valence-corrected chi connectivity index (χ0v) is 34.6. The molecule has 3 aliphatic rings. The Bertz CT molecular complexity index is 1810. The average molecular weight is 840 g/mol. The Morgan fingerprint density at radius 2 is 1.37 bits per heavy atom. The number of hydrogen-bond acceptors (Lipinski definition) is 11. The lowest BCUT2D eigenvalue weighted by molar-refractivity contribution is -0.150. The lowest BCUT2D eigenvalue weighted by Crippen LogP contribution is -2.60. The van der Waals surface area contributed by atoms with E-state index in [0.29, 0.717) is 55.5 Å². The summed E-state index contributed by atoms with van der Waals surface area (Å²) in [5.41, 5.74) is 7.54. The van der Waals surface area contributed by atoms with Crippen molar-refractivity contribution < 1.29 is 43.8 Å². The molecule has 1 aromatic carbocycles. The van der Waals surface area contributed by atoms with Gasteiger partial charge in [0, 0.05) is 37.9 Å². The number of carbonyl (C=O) groups excluding carboxylic acids is 6. The number of phenols is 1. The summed E-state index contributed by atoms with van der Waals surface area (Å²) >= 11 is 1.49. The van der Waals surface area contributed by atoms with Gasteiger partial charge in [0.2, 0.25) is 35.4 Å². The fraction of sp³-hybridized carbons (Fsp3) is 0.600. The summed E-state index contributed by atoms with van der Waals surface area (Å²) in [6.07, 6.45) is 7.89. The molecule has 4 heterocycles. The maximum Gasteiger partial charge on any atom is 0.326 e. The number of carbonyl (C=O) groups is 7. The zero-order chi connectivity index (χ0) is 42.8. The fourth-order valence-electron chi connectivity index (χ4n) is 8.07. The molecule has 3 saturated heterocycles. The summed E-state index contributed by atoms with van der Waals surface area (Å²) in [6, 6.07) is -0.627. The summed E-state index contributed by atoms with van der Waals surface area (Å²) in [5, 5.41) is 27.8. The Morgan fingerprint density at radius 3 is 1.92 bits per heavy atom. The highest BCUT2D eigenvalue weighted by molar-refractivity contribution is 7.98. The first-order chi connectivity index (χ1) is 28.2. The third kappa shape index (κ3) is 11.3. The Hall–Kier alpha value is -5.17. The third-order valence-corrected chi connectivity index (χ3v) is 11.9. The van der Waals surface area contributed by atoms with Crippen LogP contribution in [-0.2, 0) is 46.4 Å². The minimum atomic E-state index is -1.10. The number of rotatable bonds is 18. The maximum atomic E-state index is 14.3. The highest BCUT2D eigenvalue weighted by atomic mass is 32.2. The van der Waals surface area contributed by atoms with E-state index in [0.717, 1.165) is 0 Å². The zero-order valence-electron chi connectivity index (χ0n) is 33.8. The van der Waals surface area contributed by atoms with Crippen LogP contribution in [0.15, 0.2) is 36.8 Å². The van der Waals surface area contributed by atoms with Gasteiger partial charge in [-0.05, 0) is 87.0 Å². The normalized spacial score (nSPS) is 21.2. The molecule has 0 saturated carbocycles. The maximum absolute atomic E-state index is 14.3. The Labute approximate surface area is 347 Å². The SMILES string of the molecule is CSCC[C@H](NC(=O)[C@@H]1CCCN1C(=O)[C@H](Cc1cnc[nH]1)NC(=O)[C@@H](N)Cc1ccc(O)cc1)C(=O)N1CCC[C@H]1C(=O)N[C@H](C(=O)N1CCC[C@H]1C(=O)O)C(C)C. The van der Waals surface area contributed by atoms with Crippen LogP contribution < -0.4 is 21.7 Å². The van der Waals surface area contributed by atoms with Crippen molar-refractivity contribution in [2.45, 2.75) is 114 Å². The summed E-state index contributed by atoms with van der Waals surface area (Å²) in [7, 11) is 0. The molecule has 3 aliphatic heterocycles. The number of hydrogen-bond donors (Lipinski definition) is 7. The largest absolute Gasteiger partial charge is 0.508 e. The van der Waals surface area contributed by atoms with Crippen LogP contribution in [0.1, 0.15) is 70.1 Å². The van der Waals surface area contributed by atoms with E-state index in [4.69, 9.17) is 5.73 Å². The number of amides is 6. The number of nitrogens with zero attached hydrogens (tertiary/aromatic N) is 4. The Balaban J connectivity index is 1.27. The van der Waals surface area contributed by atoms with Crippen molar-refractivity contribution in [2.24, 2.45) is 11.7 Å². The molecule has 0 aliphatic carbocycles. The minimum Gasteiger partial charge on any atom is -0.508 e. The number of H-pyrrole nitrogens is 1. The standard InChI is InChI=1S/C40H57N9O9S/c1-23(2)33(39(56)49-17-6-9-32(49)40(57)58)46-36(53)31-8-5-15-47(31)37(54)28(14-18-59-3)44-35(52)30-7-4-16-48(30)38(55)29(20-25-21-42-22-43-25)45-34(51)27(41)19-24-10-12-26(50)13-11-24/h10-13,21-23,27-33,50H,4-9,14-20,41H2,1-3H3,(H,42,43)(H,44,52)(H,45,51)(H,46,53)(H,57,58)/t27-,28-,29-,30-,31-,32-,33-/m0/s1. The lowest BCUT2D eigenvalue weighted by Gasteiger charge is -2.33. The van der Waals surface area contributed by atoms with E-state index in [9.17, 15) is 43.8 Å². The van der Waals surface area contributed by atoms with Crippen molar-refractivity contribution in [1.82, 2.24) is 40.6 Å². The predicted octanol–water partition coefficient (Wildman–Crippen LogP) is 0.149. The fourth-order valence-corrected chi connectivity index (χ4v) is 8.54. The van der Waals surface area contributed by atoms with Gasteiger partial charge in [-0.2, -0.15) is 11.8 Å². The molecule has 3 fully saturated rings. The minimum absolute atomic E-state index is 0.0516. The molecular weight excluding hydrogens is 783 g/mol. The van der Waals surface area contributed by atoms with Gasteiger partial charge in [0.05, 0.1) is 12.4 Å². The number of aliphatic carboxylic acids is 1. The van der Waals surface area contributed by atoms with Gasteiger partial charge in [-0.1, -0.05) is 26.0 Å². The number of likely N-dealkylation sites (tertiary alicyclic amines) is 3. The number of aromatic amines is 1. The summed E-state index contributed by atoms with van der Waals surface area (Å²) in [5.74, 6) is -3.91. The number of nitrogens with one attached hydrogen (secondary N) is 4. The van der Waals surface area contributed by atoms with Gasteiger partial charge < -0.3 is 51.6 Å². The number of aromatic nitrogens is 2. The van der Waals surface area contributed by atoms with Crippen LogP contribution >= 0.6 is 11.8 Å². The second-order valence-corrected chi connectivity index (χ2v) is 16.8. The smallest absolute Gasteiger partial charge is 0.326 e. The van der Waals surface area contributed by atoms with E-state index in [1.54, 1.807) is 26.0 Å². The molecule has 1 aromatic heterocycles. The number of benzene rings is 1. The van der Waals surface area contributed by atoms with Crippen molar-refractivity contribution in [3.8, 4) is 5.75 Å². The van der Waals surface area contributed by atoms with E-state index in [-0.39, 0.29) is 50.6 Å². The van der Waals surface area contributed by atoms with Gasteiger partial charge >= 0.3 is 5.97 Å². The highest BCUT2D eigenvalue weighted by Crippen LogP contribution is 2.25. The van der Waals surface area contributed by atoms with Crippen molar-refractivity contribution in [1.29, 1.82) is 0 Å². The molecule has 2 aromatic rings. The van der Waals surface area contributed by atoms with Crippen molar-refractivity contribution >= 4 is 53.2 Å². The number of imidazole rings is 1. The first kappa shape index (κ1) is 44.9. The molecule has 59 heavy (non-hydrogen) atoms. The molecule has 0 spiro atoms. The van der Waals surface area contributed by atoms with Crippen LogP contribution in [0.4, 0.5) is 0 Å². The number of carboxylic acid groups (broad SMARTS) is 1. The van der Waals surface area contributed by atoms with Gasteiger partial charge in [-0.25, -0.2) is 9.78 Å². The molecule has 0 unspecified atom stereocenters. The van der Waals surface area contributed by atoms with Crippen LogP contribution in [0.25, 0.3) is 0 Å². The lowest BCUT2D eigenvalue weighted by atomic mass is 10.0. The molecule has 322 valence electrons. The van der Waals surface area contributed by atoms with Crippen molar-refractivity contribution in [3.63, 3.8) is 0 Å². The summed E-state index contributed by atoms with van der Waals surface area (Å²) in [4.78, 5) is 106. The summed E-state index contributed by atoms with van der Waals surface area (Å²) < 4.78 is 0. The molecule has 18 nitrogen and oxygen atoms in total. The van der Waals surface area contributed by atoms with E-state index < -0.39 is 83.7 Å². The monoisotopic (exact) mass is 839 g/mol. The van der Waals surface area contributed by atoms with Crippen molar-refractivity contribution in [2.75, 3.05) is 31.6 Å². The number of phenolic OH excluding ortho intramolecular Hbond substituents is 1. The van der Waals surface area contributed by atoms with Crippen LogP contribution in [0.5, 0.6) is 5.75 Å². The number of nitrogens with two attached hydrogens (primary N) is 1. The Morgan fingerprint density at radius 1 is 0.814 bits per heavy atom. The highest BCUT2D eigenvalue weighted by Gasteiger charge is 2.44. The van der Waals surface area contributed by atoms with E-state index in [1.165, 1.54) is 51.1 Å². The van der Waals surface area contributed by atoms with Gasteiger partial charge in [0.25, 0.3) is 0 Å². The molecule has 19 heteroatoms. The van der Waals surface area contributed by atoms with E-state index in [2.05, 4.69) is 25.9 Å². The van der Waals surface area contributed by atoms with Gasteiger partial charge in [0.1, 0.15) is 42.0 Å². The van der Waals surface area contributed by atoms with Crippen LogP contribution in [0, 0.1) is 5.92 Å². The number of carboxylic acids is 1. The topological polar surface area (TPSA) is 260 Å². The molecule has 0 radical (unpaired) electrons. The first-order valence-corrected chi connectivity index (χ1v) is 21.6. The number of aromatic hydroxyl groups is 1. The van der Waals surface area contributed by atoms with Gasteiger partial charge in [-0.3, -0.25) is 28.8 Å². The summed E-state index contributed by atoms with van der Waals surface area (Å²) in [6.45, 7) is 4.30. The van der Waals surface area contributed by atoms with E-state index >= 15 is 0 Å². The molecule has 0 bridgehead atoms. The Kier molecular flexibility index (Phi) is 15.8. The molecule has 7 atom stereocenters. The third-order valence-electron chi connectivity index (χ3n) is 11.3. The molecule has 8 N–H and O–H groups in total. The van der Waals surface area contributed by atoms with Crippen LogP contribution in [0.2, 0.25) is 0 Å².